The van der Waals surface area contributed by atoms with Crippen LogP contribution in [0.2, 0.25) is 0 Å². The molecule has 2 aliphatic rings. The van der Waals surface area contributed by atoms with Crippen LogP contribution in [0.1, 0.15) is 12.0 Å². The lowest BCUT2D eigenvalue weighted by molar-refractivity contribution is -0.131. The van der Waals surface area contributed by atoms with E-state index in [1.807, 2.05) is 29.2 Å². The molecule has 2 aliphatic heterocycles. The van der Waals surface area contributed by atoms with Gasteiger partial charge >= 0.3 is 0 Å². The summed E-state index contributed by atoms with van der Waals surface area (Å²) in [5, 5.41) is 0. The molecular weight excluding hydrogens is 425 g/mol. The molecule has 0 bridgehead atoms. The normalized spacial score (nSPS) is 16.9. The summed E-state index contributed by atoms with van der Waals surface area (Å²) < 4.78 is 14.9. The van der Waals surface area contributed by atoms with Crippen molar-refractivity contribution in [3.05, 3.63) is 58.3 Å². The Morgan fingerprint density at radius 2 is 1.75 bits per heavy atom. The van der Waals surface area contributed by atoms with Crippen molar-refractivity contribution in [3.63, 3.8) is 0 Å². The van der Waals surface area contributed by atoms with E-state index in [-0.39, 0.29) is 24.2 Å². The standard InChI is InChI=1S/C21H21BrFN3O2/c22-16-6-7-18-15(13-16)5-8-20(27)26(18)14-21(28)25-11-9-24(10-12-25)19-4-2-1-3-17(19)23/h1-4,6-7,13H,5,8-12,14H2. The number of aryl methyl sites for hydroxylation is 1. The lowest BCUT2D eigenvalue weighted by Crippen LogP contribution is -2.52. The van der Waals surface area contributed by atoms with E-state index in [0.717, 1.165) is 15.7 Å². The van der Waals surface area contributed by atoms with Gasteiger partial charge in [-0.15, -0.1) is 0 Å². The van der Waals surface area contributed by atoms with Crippen molar-refractivity contribution in [2.24, 2.45) is 0 Å². The fourth-order valence-electron chi connectivity index (χ4n) is 3.84. The van der Waals surface area contributed by atoms with Crippen LogP contribution in [0.25, 0.3) is 0 Å². The van der Waals surface area contributed by atoms with Crippen LogP contribution in [0, 0.1) is 5.82 Å². The maximum atomic E-state index is 14.0. The average molecular weight is 446 g/mol. The number of benzene rings is 2. The quantitative estimate of drug-likeness (QED) is 0.728. The molecule has 5 nitrogen and oxygen atoms in total. The predicted octanol–water partition coefficient (Wildman–Crippen LogP) is 3.22. The minimum absolute atomic E-state index is 0.0202. The van der Waals surface area contributed by atoms with Crippen molar-refractivity contribution in [3.8, 4) is 0 Å². The molecule has 7 heteroatoms. The van der Waals surface area contributed by atoms with Crippen molar-refractivity contribution in [2.45, 2.75) is 12.8 Å². The lowest BCUT2D eigenvalue weighted by atomic mass is 10.0. The van der Waals surface area contributed by atoms with Gasteiger partial charge in [-0.05, 0) is 42.3 Å². The highest BCUT2D eigenvalue weighted by atomic mass is 79.9. The van der Waals surface area contributed by atoms with E-state index in [9.17, 15) is 14.0 Å². The Morgan fingerprint density at radius 3 is 2.50 bits per heavy atom. The summed E-state index contributed by atoms with van der Waals surface area (Å²) in [5.41, 5.74) is 2.46. The summed E-state index contributed by atoms with van der Waals surface area (Å²) in [6, 6.07) is 12.5. The molecule has 0 saturated carbocycles. The number of para-hydroxylation sites is 1. The van der Waals surface area contributed by atoms with Crippen molar-refractivity contribution in [2.75, 3.05) is 42.5 Å². The molecule has 2 amide bonds. The van der Waals surface area contributed by atoms with E-state index in [1.165, 1.54) is 6.07 Å². The topological polar surface area (TPSA) is 43.9 Å². The van der Waals surface area contributed by atoms with E-state index in [4.69, 9.17) is 0 Å². The second-order valence-corrected chi connectivity index (χ2v) is 7.99. The van der Waals surface area contributed by atoms with Crippen LogP contribution < -0.4 is 9.80 Å². The highest BCUT2D eigenvalue weighted by molar-refractivity contribution is 9.10. The smallest absolute Gasteiger partial charge is 0.242 e. The van der Waals surface area contributed by atoms with Crippen LogP contribution in [-0.2, 0) is 16.0 Å². The lowest BCUT2D eigenvalue weighted by Gasteiger charge is -2.37. The number of anilines is 2. The highest BCUT2D eigenvalue weighted by Crippen LogP contribution is 2.30. The first-order valence-corrected chi connectivity index (χ1v) is 10.2. The van der Waals surface area contributed by atoms with Gasteiger partial charge in [0, 0.05) is 42.8 Å². The van der Waals surface area contributed by atoms with Gasteiger partial charge < -0.3 is 14.7 Å². The van der Waals surface area contributed by atoms with E-state index in [2.05, 4.69) is 15.9 Å². The fraction of sp³-hybridized carbons (Fsp3) is 0.333. The Kier molecular flexibility index (Phi) is 5.35. The number of halogens is 2. The molecule has 146 valence electrons. The fourth-order valence-corrected chi connectivity index (χ4v) is 4.25. The molecule has 0 aliphatic carbocycles. The summed E-state index contributed by atoms with van der Waals surface area (Å²) in [5.74, 6) is -0.338. The molecule has 2 aromatic rings. The van der Waals surface area contributed by atoms with Crippen LogP contribution in [0.15, 0.2) is 46.9 Å². The van der Waals surface area contributed by atoms with Gasteiger partial charge in [0.15, 0.2) is 0 Å². The Balaban J connectivity index is 1.41. The Bertz CT molecular complexity index is 912. The molecule has 2 aromatic carbocycles. The molecule has 0 unspecified atom stereocenters. The average Bonchev–Trinajstić information content (AvgIpc) is 2.70. The van der Waals surface area contributed by atoms with E-state index < -0.39 is 0 Å². The molecule has 2 heterocycles. The number of piperazine rings is 1. The van der Waals surface area contributed by atoms with E-state index >= 15 is 0 Å². The van der Waals surface area contributed by atoms with Crippen LogP contribution in [0.3, 0.4) is 0 Å². The summed E-state index contributed by atoms with van der Waals surface area (Å²) in [7, 11) is 0. The molecule has 0 radical (unpaired) electrons. The SMILES string of the molecule is O=C(CN1C(=O)CCc2cc(Br)ccc21)N1CCN(c2ccccc2F)CC1. The van der Waals surface area contributed by atoms with Crippen molar-refractivity contribution in [1.29, 1.82) is 0 Å². The molecule has 1 saturated heterocycles. The van der Waals surface area contributed by atoms with Gasteiger partial charge in [-0.1, -0.05) is 28.1 Å². The van der Waals surface area contributed by atoms with Gasteiger partial charge in [-0.2, -0.15) is 0 Å². The van der Waals surface area contributed by atoms with Gasteiger partial charge in [-0.25, -0.2) is 4.39 Å². The number of hydrogen-bond acceptors (Lipinski definition) is 3. The maximum Gasteiger partial charge on any atom is 0.242 e. The number of carbonyl (C=O) groups is 2. The van der Waals surface area contributed by atoms with Crippen LogP contribution in [0.5, 0.6) is 0 Å². The first-order chi connectivity index (χ1) is 13.5. The second kappa shape index (κ2) is 7.91. The van der Waals surface area contributed by atoms with Gasteiger partial charge in [-0.3, -0.25) is 9.59 Å². The minimum atomic E-state index is -0.246. The zero-order valence-corrected chi connectivity index (χ0v) is 17.0. The number of rotatable bonds is 3. The Morgan fingerprint density at radius 1 is 1.00 bits per heavy atom. The first kappa shape index (κ1) is 18.9. The largest absolute Gasteiger partial charge is 0.366 e. The second-order valence-electron chi connectivity index (χ2n) is 7.07. The Hall–Kier alpha value is -2.41. The van der Waals surface area contributed by atoms with Crippen LogP contribution >= 0.6 is 15.9 Å². The molecule has 0 atom stereocenters. The minimum Gasteiger partial charge on any atom is -0.366 e. The van der Waals surface area contributed by atoms with Crippen molar-refractivity contribution in [1.82, 2.24) is 4.90 Å². The van der Waals surface area contributed by atoms with Crippen LogP contribution in [-0.4, -0.2) is 49.4 Å². The summed E-state index contributed by atoms with van der Waals surface area (Å²) in [6.07, 6.45) is 1.11. The van der Waals surface area contributed by atoms with Gasteiger partial charge in [0.1, 0.15) is 12.4 Å². The number of amides is 2. The number of fused-ring (bicyclic) bond motifs is 1. The van der Waals surface area contributed by atoms with E-state index in [1.54, 1.807) is 21.9 Å². The summed E-state index contributed by atoms with van der Waals surface area (Å²) >= 11 is 3.46. The monoisotopic (exact) mass is 445 g/mol. The molecule has 4 rings (SSSR count). The molecule has 28 heavy (non-hydrogen) atoms. The first-order valence-electron chi connectivity index (χ1n) is 9.39. The third-order valence-corrected chi connectivity index (χ3v) is 5.85. The zero-order chi connectivity index (χ0) is 19.7. The number of carbonyl (C=O) groups excluding carboxylic acids is 2. The molecule has 0 N–H and O–H groups in total. The molecule has 0 aromatic heterocycles. The van der Waals surface area contributed by atoms with Gasteiger partial charge in [0.05, 0.1) is 5.69 Å². The third kappa shape index (κ3) is 3.76. The van der Waals surface area contributed by atoms with Gasteiger partial charge in [0.25, 0.3) is 0 Å². The number of hydrogen-bond donors (Lipinski definition) is 0. The Labute approximate surface area is 171 Å². The maximum absolute atomic E-state index is 14.0. The van der Waals surface area contributed by atoms with Crippen molar-refractivity contribution < 1.29 is 14.0 Å². The van der Waals surface area contributed by atoms with Gasteiger partial charge in [0.2, 0.25) is 11.8 Å². The number of nitrogens with zero attached hydrogens (tertiary/aromatic N) is 3. The highest BCUT2D eigenvalue weighted by Gasteiger charge is 2.29. The molecule has 0 spiro atoms. The summed E-state index contributed by atoms with van der Waals surface area (Å²) in [6.45, 7) is 2.23. The van der Waals surface area contributed by atoms with E-state index in [0.29, 0.717) is 44.7 Å². The molecular formula is C21H21BrFN3O2. The molecule has 1 fully saturated rings. The zero-order valence-electron chi connectivity index (χ0n) is 15.4. The van der Waals surface area contributed by atoms with Crippen LogP contribution in [0.4, 0.5) is 15.8 Å². The third-order valence-electron chi connectivity index (χ3n) is 5.36. The predicted molar refractivity (Wildman–Crippen MR) is 110 cm³/mol. The van der Waals surface area contributed by atoms with Crippen molar-refractivity contribution >= 4 is 39.1 Å². The summed E-state index contributed by atoms with van der Waals surface area (Å²) in [4.78, 5) is 30.6.